The van der Waals surface area contributed by atoms with E-state index in [1.165, 1.54) is 16.6 Å². The Labute approximate surface area is 107 Å². The minimum Gasteiger partial charge on any atom is -0.443 e. The summed E-state index contributed by atoms with van der Waals surface area (Å²) in [4.78, 5) is 0. The Bertz CT molecular complexity index is 551. The van der Waals surface area contributed by atoms with Crippen LogP contribution in [0.3, 0.4) is 0 Å². The van der Waals surface area contributed by atoms with E-state index in [4.69, 9.17) is 0 Å². The van der Waals surface area contributed by atoms with Gasteiger partial charge in [-0.1, -0.05) is 54.4 Å². The standard InChI is InChI=1S/C14H10N.Li/c1-2-6-12(7-3-1)13-10-14-8-4-5-9-15(14)11-13;/h1-8,10-11H;/q-1;+1. The SMILES string of the molecule is [Li+].[c-]1cccc2cc(-c3ccccc3)cn12. The third kappa shape index (κ3) is 1.93. The molecule has 2 heterocycles. The van der Waals surface area contributed by atoms with Crippen LogP contribution >= 0.6 is 0 Å². The average Bonchev–Trinajstić information content (AvgIpc) is 2.74. The van der Waals surface area contributed by atoms with Gasteiger partial charge in [-0.05, 0) is 11.1 Å². The molecule has 0 amide bonds. The van der Waals surface area contributed by atoms with Gasteiger partial charge in [0.25, 0.3) is 0 Å². The first-order valence-corrected chi connectivity index (χ1v) is 4.98. The zero-order chi connectivity index (χ0) is 10.1. The molecule has 0 unspecified atom stereocenters. The van der Waals surface area contributed by atoms with Crippen molar-refractivity contribution in [3.05, 3.63) is 67.0 Å². The van der Waals surface area contributed by atoms with Gasteiger partial charge in [0.15, 0.2) is 0 Å². The Morgan fingerprint density at radius 3 is 2.44 bits per heavy atom. The summed E-state index contributed by atoms with van der Waals surface area (Å²) in [5.41, 5.74) is 3.66. The van der Waals surface area contributed by atoms with Crippen LogP contribution in [-0.4, -0.2) is 4.40 Å². The van der Waals surface area contributed by atoms with E-state index >= 15 is 0 Å². The second-order valence-electron chi connectivity index (χ2n) is 3.54. The fourth-order valence-corrected chi connectivity index (χ4v) is 1.78. The van der Waals surface area contributed by atoms with Gasteiger partial charge in [0.2, 0.25) is 0 Å². The van der Waals surface area contributed by atoms with Crippen LogP contribution in [0.1, 0.15) is 0 Å². The topological polar surface area (TPSA) is 4.41 Å². The number of hydrogen-bond donors (Lipinski definition) is 0. The minimum atomic E-state index is 0. The summed E-state index contributed by atoms with van der Waals surface area (Å²) < 4.78 is 2.02. The monoisotopic (exact) mass is 199 g/mol. The maximum atomic E-state index is 3.16. The van der Waals surface area contributed by atoms with Crippen molar-refractivity contribution in [2.75, 3.05) is 0 Å². The number of fused-ring (bicyclic) bond motifs is 1. The molecule has 0 bridgehead atoms. The Morgan fingerprint density at radius 2 is 1.69 bits per heavy atom. The van der Waals surface area contributed by atoms with Gasteiger partial charge in [0.05, 0.1) is 0 Å². The molecule has 3 aromatic rings. The van der Waals surface area contributed by atoms with Gasteiger partial charge < -0.3 is 4.40 Å². The molecule has 0 atom stereocenters. The van der Waals surface area contributed by atoms with Crippen molar-refractivity contribution < 1.29 is 18.9 Å². The van der Waals surface area contributed by atoms with E-state index in [2.05, 4.69) is 48.8 Å². The molecule has 2 heteroatoms. The Kier molecular flexibility index (Phi) is 3.19. The molecule has 1 nitrogen and oxygen atoms in total. The van der Waals surface area contributed by atoms with Crippen molar-refractivity contribution >= 4 is 5.52 Å². The number of pyridine rings is 1. The van der Waals surface area contributed by atoms with Crippen LogP contribution < -0.4 is 18.9 Å². The first kappa shape index (κ1) is 11.1. The first-order valence-electron chi connectivity index (χ1n) is 4.98. The molecule has 2 aromatic heterocycles. The molecule has 3 rings (SSSR count). The van der Waals surface area contributed by atoms with E-state index < -0.39 is 0 Å². The summed E-state index contributed by atoms with van der Waals surface area (Å²) in [6.07, 6.45) is 5.26. The molecule has 1 aromatic carbocycles. The fourth-order valence-electron chi connectivity index (χ4n) is 1.78. The predicted octanol–water partition coefficient (Wildman–Crippen LogP) is 0.410. The summed E-state index contributed by atoms with van der Waals surface area (Å²) in [6.45, 7) is 0. The molecule has 0 radical (unpaired) electrons. The normalized spacial score (nSPS) is 10.0. The van der Waals surface area contributed by atoms with Gasteiger partial charge in [-0.3, -0.25) is 0 Å². The van der Waals surface area contributed by atoms with Crippen LogP contribution in [0.25, 0.3) is 16.6 Å². The van der Waals surface area contributed by atoms with Crippen LogP contribution in [0.4, 0.5) is 0 Å². The third-order valence-electron chi connectivity index (χ3n) is 2.53. The smallest absolute Gasteiger partial charge is 0.443 e. The summed E-state index contributed by atoms with van der Waals surface area (Å²) in [6, 6.07) is 18.6. The Balaban J connectivity index is 0.000000963. The number of hydrogen-bond acceptors (Lipinski definition) is 0. The molecule has 0 N–H and O–H groups in total. The van der Waals surface area contributed by atoms with Crippen LogP contribution in [0, 0.1) is 6.20 Å². The molecule has 72 valence electrons. The van der Waals surface area contributed by atoms with Crippen LogP contribution in [0.5, 0.6) is 0 Å². The quantitative estimate of drug-likeness (QED) is 0.395. The van der Waals surface area contributed by atoms with Gasteiger partial charge in [-0.2, -0.15) is 0 Å². The van der Waals surface area contributed by atoms with E-state index in [0.717, 1.165) is 0 Å². The largest absolute Gasteiger partial charge is 1.00 e. The number of rotatable bonds is 1. The molecule has 0 aliphatic rings. The molecule has 0 saturated heterocycles. The van der Waals surface area contributed by atoms with Crippen LogP contribution in [-0.2, 0) is 0 Å². The molecule has 0 fully saturated rings. The summed E-state index contributed by atoms with van der Waals surface area (Å²) >= 11 is 0. The van der Waals surface area contributed by atoms with E-state index in [0.29, 0.717) is 0 Å². The van der Waals surface area contributed by atoms with E-state index in [1.807, 2.05) is 22.6 Å². The molecule has 0 spiro atoms. The average molecular weight is 199 g/mol. The molecular formula is C14H10LiN. The third-order valence-corrected chi connectivity index (χ3v) is 2.53. The van der Waals surface area contributed by atoms with Crippen molar-refractivity contribution in [1.29, 1.82) is 0 Å². The maximum absolute atomic E-state index is 3.16. The number of benzene rings is 1. The van der Waals surface area contributed by atoms with Gasteiger partial charge in [0, 0.05) is 0 Å². The van der Waals surface area contributed by atoms with Crippen molar-refractivity contribution in [1.82, 2.24) is 4.40 Å². The number of nitrogens with zero attached hydrogens (tertiary/aromatic N) is 1. The summed E-state index contributed by atoms with van der Waals surface area (Å²) in [5.74, 6) is 0. The minimum absolute atomic E-state index is 0. The summed E-state index contributed by atoms with van der Waals surface area (Å²) in [5, 5.41) is 0. The zero-order valence-electron chi connectivity index (χ0n) is 9.22. The van der Waals surface area contributed by atoms with E-state index in [9.17, 15) is 0 Å². The molecule has 0 aliphatic carbocycles. The second-order valence-corrected chi connectivity index (χ2v) is 3.54. The Hall–Kier alpha value is -1.42. The molecular weight excluding hydrogens is 189 g/mol. The van der Waals surface area contributed by atoms with Crippen molar-refractivity contribution in [3.8, 4) is 11.1 Å². The zero-order valence-corrected chi connectivity index (χ0v) is 9.22. The van der Waals surface area contributed by atoms with Crippen LogP contribution in [0.15, 0.2) is 60.8 Å². The maximum Gasteiger partial charge on any atom is 1.00 e. The molecule has 16 heavy (non-hydrogen) atoms. The Morgan fingerprint density at radius 1 is 0.875 bits per heavy atom. The van der Waals surface area contributed by atoms with Gasteiger partial charge in [-0.15, -0.1) is 18.2 Å². The summed E-state index contributed by atoms with van der Waals surface area (Å²) in [7, 11) is 0. The van der Waals surface area contributed by atoms with Crippen LogP contribution in [0.2, 0.25) is 0 Å². The van der Waals surface area contributed by atoms with Gasteiger partial charge in [0.1, 0.15) is 0 Å². The second kappa shape index (κ2) is 4.61. The fraction of sp³-hybridized carbons (Fsp3) is 0. The van der Waals surface area contributed by atoms with Crippen molar-refractivity contribution in [3.63, 3.8) is 0 Å². The molecule has 0 saturated carbocycles. The predicted molar refractivity (Wildman–Crippen MR) is 61.7 cm³/mol. The van der Waals surface area contributed by atoms with E-state index in [-0.39, 0.29) is 18.9 Å². The number of aromatic nitrogens is 1. The first-order chi connectivity index (χ1) is 7.43. The van der Waals surface area contributed by atoms with Crippen molar-refractivity contribution in [2.24, 2.45) is 0 Å². The van der Waals surface area contributed by atoms with Crippen molar-refractivity contribution in [2.45, 2.75) is 0 Å². The molecule has 0 aliphatic heterocycles. The van der Waals surface area contributed by atoms with E-state index in [1.54, 1.807) is 0 Å². The van der Waals surface area contributed by atoms with Gasteiger partial charge in [-0.25, -0.2) is 0 Å². The van der Waals surface area contributed by atoms with Gasteiger partial charge >= 0.3 is 18.9 Å².